The molecule has 7 heteroatoms. The second-order valence-corrected chi connectivity index (χ2v) is 4.66. The zero-order valence-corrected chi connectivity index (χ0v) is 10.8. The first-order chi connectivity index (χ1) is 9.19. The summed E-state index contributed by atoms with van der Waals surface area (Å²) in [7, 11) is 0. The summed E-state index contributed by atoms with van der Waals surface area (Å²) in [6, 6.07) is 4.59. The average Bonchev–Trinajstić information content (AvgIpc) is 3.03. The summed E-state index contributed by atoms with van der Waals surface area (Å²) in [5.74, 6) is -0.551. The average molecular weight is 275 g/mol. The van der Waals surface area contributed by atoms with E-state index in [1.807, 2.05) is 6.92 Å². The molecule has 0 aliphatic carbocycles. The van der Waals surface area contributed by atoms with E-state index in [1.54, 1.807) is 6.07 Å². The molecular weight excluding hydrogens is 266 g/mol. The van der Waals surface area contributed by atoms with Crippen molar-refractivity contribution in [3.05, 3.63) is 29.5 Å². The van der Waals surface area contributed by atoms with Crippen molar-refractivity contribution in [1.29, 1.82) is 0 Å². The lowest BCUT2D eigenvalue weighted by Crippen LogP contribution is -1.94. The largest absolute Gasteiger partial charge is 0.478 e. The van der Waals surface area contributed by atoms with Crippen LogP contribution in [0.1, 0.15) is 23.0 Å². The fraction of sp³-hybridized carbons (Fsp3) is 0.167. The molecule has 0 bridgehead atoms. The molecule has 0 saturated heterocycles. The molecule has 0 radical (unpaired) electrons. The maximum absolute atomic E-state index is 10.9. The summed E-state index contributed by atoms with van der Waals surface area (Å²) >= 11 is 1.22. The quantitative estimate of drug-likeness (QED) is 0.790. The molecular formula is C12H9N3O3S. The Balaban J connectivity index is 2.14. The first kappa shape index (κ1) is 11.8. The van der Waals surface area contributed by atoms with Crippen LogP contribution >= 0.6 is 11.5 Å². The lowest BCUT2D eigenvalue weighted by Gasteiger charge is -1.91. The number of carbonyl (C=O) groups is 1. The van der Waals surface area contributed by atoms with Crippen molar-refractivity contribution < 1.29 is 14.3 Å². The predicted octanol–water partition coefficient (Wildman–Crippen LogP) is 2.61. The SMILES string of the molecule is CCc1nnsc1-c1nc2cc(C(=O)O)ccc2o1. The second-order valence-electron chi connectivity index (χ2n) is 3.91. The predicted molar refractivity (Wildman–Crippen MR) is 69.2 cm³/mol. The third-order valence-electron chi connectivity index (χ3n) is 2.72. The zero-order chi connectivity index (χ0) is 13.4. The molecule has 0 fully saturated rings. The summed E-state index contributed by atoms with van der Waals surface area (Å²) < 4.78 is 9.50. The summed E-state index contributed by atoms with van der Waals surface area (Å²) in [5, 5.41) is 12.9. The van der Waals surface area contributed by atoms with Crippen molar-refractivity contribution in [2.45, 2.75) is 13.3 Å². The van der Waals surface area contributed by atoms with Crippen LogP contribution in [0.5, 0.6) is 0 Å². The van der Waals surface area contributed by atoms with Crippen LogP contribution in [0.15, 0.2) is 22.6 Å². The topological polar surface area (TPSA) is 89.1 Å². The molecule has 0 saturated carbocycles. The van der Waals surface area contributed by atoms with Gasteiger partial charge in [-0.3, -0.25) is 0 Å². The van der Waals surface area contributed by atoms with Gasteiger partial charge in [0.25, 0.3) is 0 Å². The van der Waals surface area contributed by atoms with E-state index >= 15 is 0 Å². The highest BCUT2D eigenvalue weighted by atomic mass is 32.1. The Morgan fingerprint density at radius 3 is 3.05 bits per heavy atom. The summed E-state index contributed by atoms with van der Waals surface area (Å²) in [6.45, 7) is 1.98. The minimum Gasteiger partial charge on any atom is -0.478 e. The highest BCUT2D eigenvalue weighted by molar-refractivity contribution is 7.09. The number of carboxylic acid groups (broad SMARTS) is 1. The zero-order valence-electron chi connectivity index (χ0n) is 9.95. The van der Waals surface area contributed by atoms with Gasteiger partial charge in [-0.1, -0.05) is 11.4 Å². The highest BCUT2D eigenvalue weighted by Gasteiger charge is 2.16. The van der Waals surface area contributed by atoms with Gasteiger partial charge in [-0.25, -0.2) is 9.78 Å². The molecule has 0 unspecified atom stereocenters. The molecule has 2 aromatic heterocycles. The number of rotatable bonds is 3. The number of carboxylic acids is 1. The monoisotopic (exact) mass is 275 g/mol. The number of oxazole rings is 1. The second kappa shape index (κ2) is 4.43. The van der Waals surface area contributed by atoms with Gasteiger partial charge in [-0.15, -0.1) is 5.10 Å². The van der Waals surface area contributed by atoms with Crippen LogP contribution in [0, 0.1) is 0 Å². The lowest BCUT2D eigenvalue weighted by molar-refractivity contribution is 0.0697. The molecule has 19 heavy (non-hydrogen) atoms. The third kappa shape index (κ3) is 1.97. The van der Waals surface area contributed by atoms with Gasteiger partial charge >= 0.3 is 5.97 Å². The van der Waals surface area contributed by atoms with Crippen LogP contribution in [0.2, 0.25) is 0 Å². The summed E-state index contributed by atoms with van der Waals surface area (Å²) in [4.78, 5) is 16.0. The summed E-state index contributed by atoms with van der Waals surface area (Å²) in [5.41, 5.74) is 2.08. The maximum Gasteiger partial charge on any atom is 0.335 e. The molecule has 6 nitrogen and oxygen atoms in total. The van der Waals surface area contributed by atoms with Gasteiger partial charge < -0.3 is 9.52 Å². The van der Waals surface area contributed by atoms with Gasteiger partial charge in [0.2, 0.25) is 5.89 Å². The molecule has 96 valence electrons. The highest BCUT2D eigenvalue weighted by Crippen LogP contribution is 2.29. The first-order valence-electron chi connectivity index (χ1n) is 5.64. The minimum absolute atomic E-state index is 0.186. The molecule has 0 aliphatic rings. The van der Waals surface area contributed by atoms with E-state index in [0.717, 1.165) is 17.0 Å². The fourth-order valence-electron chi connectivity index (χ4n) is 1.76. The van der Waals surface area contributed by atoms with Gasteiger partial charge in [-0.05, 0) is 36.2 Å². The Kier molecular flexibility index (Phi) is 2.75. The van der Waals surface area contributed by atoms with Crippen molar-refractivity contribution in [1.82, 2.24) is 14.6 Å². The molecule has 0 aliphatic heterocycles. The van der Waals surface area contributed by atoms with Crippen LogP contribution in [-0.2, 0) is 6.42 Å². The lowest BCUT2D eigenvalue weighted by atomic mass is 10.2. The Labute approximate surface area is 111 Å². The van der Waals surface area contributed by atoms with E-state index in [9.17, 15) is 4.79 Å². The number of aryl methyl sites for hydroxylation is 1. The smallest absolute Gasteiger partial charge is 0.335 e. The van der Waals surface area contributed by atoms with Crippen LogP contribution in [0.4, 0.5) is 0 Å². The molecule has 3 rings (SSSR count). The van der Waals surface area contributed by atoms with Crippen molar-refractivity contribution >= 4 is 28.6 Å². The van der Waals surface area contributed by atoms with E-state index in [-0.39, 0.29) is 5.56 Å². The Morgan fingerprint density at radius 1 is 1.47 bits per heavy atom. The van der Waals surface area contributed by atoms with Crippen LogP contribution in [0.25, 0.3) is 21.9 Å². The van der Waals surface area contributed by atoms with E-state index < -0.39 is 5.97 Å². The van der Waals surface area contributed by atoms with Crippen molar-refractivity contribution in [2.75, 3.05) is 0 Å². The van der Waals surface area contributed by atoms with Gasteiger partial charge in [0.05, 0.1) is 11.3 Å². The number of fused-ring (bicyclic) bond motifs is 1. The van der Waals surface area contributed by atoms with E-state index in [2.05, 4.69) is 14.6 Å². The Hall–Kier alpha value is -2.28. The third-order valence-corrected chi connectivity index (χ3v) is 3.48. The Bertz CT molecular complexity index is 763. The number of hydrogen-bond acceptors (Lipinski definition) is 6. The van der Waals surface area contributed by atoms with Gasteiger partial charge in [0, 0.05) is 0 Å². The first-order valence-corrected chi connectivity index (χ1v) is 6.42. The number of aromatic nitrogens is 3. The van der Waals surface area contributed by atoms with E-state index in [1.165, 1.54) is 23.7 Å². The number of hydrogen-bond donors (Lipinski definition) is 1. The van der Waals surface area contributed by atoms with Crippen LogP contribution in [-0.4, -0.2) is 25.6 Å². The molecule has 0 amide bonds. The molecule has 3 aromatic rings. The van der Waals surface area contributed by atoms with Gasteiger partial charge in [0.1, 0.15) is 10.4 Å². The van der Waals surface area contributed by atoms with Crippen molar-refractivity contribution in [3.8, 4) is 10.8 Å². The molecule has 0 atom stereocenters. The number of benzene rings is 1. The standard InChI is InChI=1S/C12H9N3O3S/c1-2-7-10(19-15-14-7)11-13-8-5-6(12(16)17)3-4-9(8)18-11/h3-5H,2H2,1H3,(H,16,17). The van der Waals surface area contributed by atoms with Gasteiger partial charge in [0.15, 0.2) is 5.58 Å². The van der Waals surface area contributed by atoms with Gasteiger partial charge in [-0.2, -0.15) is 0 Å². The number of aromatic carboxylic acids is 1. The maximum atomic E-state index is 10.9. The van der Waals surface area contributed by atoms with E-state index in [4.69, 9.17) is 9.52 Å². The molecule has 2 heterocycles. The molecule has 0 spiro atoms. The normalized spacial score (nSPS) is 11.0. The number of nitrogens with zero attached hydrogens (tertiary/aromatic N) is 3. The van der Waals surface area contributed by atoms with E-state index in [0.29, 0.717) is 17.0 Å². The van der Waals surface area contributed by atoms with Crippen LogP contribution in [0.3, 0.4) is 0 Å². The summed E-state index contributed by atoms with van der Waals surface area (Å²) in [6.07, 6.45) is 0.741. The molecule has 1 N–H and O–H groups in total. The minimum atomic E-state index is -0.986. The van der Waals surface area contributed by atoms with Crippen molar-refractivity contribution in [3.63, 3.8) is 0 Å². The van der Waals surface area contributed by atoms with Crippen molar-refractivity contribution in [2.24, 2.45) is 0 Å². The van der Waals surface area contributed by atoms with Crippen LogP contribution < -0.4 is 0 Å². The fourth-order valence-corrected chi connectivity index (χ4v) is 2.44. The Morgan fingerprint density at radius 2 is 2.32 bits per heavy atom. The molecule has 1 aromatic carbocycles.